The summed E-state index contributed by atoms with van der Waals surface area (Å²) in [4.78, 5) is 38.1. The van der Waals surface area contributed by atoms with Gasteiger partial charge in [-0.3, -0.25) is 0 Å². The fourth-order valence-electron chi connectivity index (χ4n) is 0.494. The van der Waals surface area contributed by atoms with Crippen LogP contribution in [0.25, 0.3) is 0 Å². The second-order valence-electron chi connectivity index (χ2n) is 2.96. The van der Waals surface area contributed by atoms with Crippen LogP contribution in [0.15, 0.2) is 0 Å². The molecule has 0 aliphatic carbocycles. The summed E-state index contributed by atoms with van der Waals surface area (Å²) in [5.74, 6) is -8.93. The zero-order valence-corrected chi connectivity index (χ0v) is 23.5. The molecular weight excluding hydrogens is 610 g/mol. The Balaban J connectivity index is -0.0000000579. The molecule has 0 amide bonds. The molecule has 0 rings (SSSR count). The second-order valence-corrected chi connectivity index (χ2v) is 2.96. The van der Waals surface area contributed by atoms with Crippen molar-refractivity contribution in [2.75, 3.05) is 0 Å². The molecule has 0 saturated carbocycles. The van der Waals surface area contributed by atoms with Gasteiger partial charge in [0.25, 0.3) is 0 Å². The van der Waals surface area contributed by atoms with E-state index in [9.17, 15) is 60.0 Å². The van der Waals surface area contributed by atoms with E-state index in [2.05, 4.69) is 0 Å². The van der Waals surface area contributed by atoms with Gasteiger partial charge >= 0.3 is 152 Å². The van der Waals surface area contributed by atoms with Crippen molar-refractivity contribution in [2.24, 2.45) is 0 Å². The van der Waals surface area contributed by atoms with E-state index in [4.69, 9.17) is 0 Å². The summed E-state index contributed by atoms with van der Waals surface area (Å²) < 4.78 is 0. The topological polar surface area (TPSA) is 253 Å². The number of carboxylic acid groups (broad SMARTS) is 4. The number of rotatable bonds is 6. The van der Waals surface area contributed by atoms with Crippen molar-refractivity contribution in [3.63, 3.8) is 0 Å². The van der Waals surface area contributed by atoms with Crippen molar-refractivity contribution in [3.05, 3.63) is 0 Å². The first-order valence-electron chi connectivity index (χ1n) is 4.40. The molecule has 0 aromatic rings. The third kappa shape index (κ3) is 19.4. The molecule has 0 aliphatic rings. The monoisotopic (exact) mass is 612 g/mol. The number of hydrogen-bond acceptors (Lipinski definition) is 12. The van der Waals surface area contributed by atoms with Gasteiger partial charge in [-0.25, -0.2) is 0 Å². The maximum absolute atomic E-state index is 9.97. The number of carbonyl (C=O) groups excluding carboxylic acids is 4. The van der Waals surface area contributed by atoms with Gasteiger partial charge in [0.05, 0.1) is 0 Å². The van der Waals surface area contributed by atoms with Crippen LogP contribution in [0.1, 0.15) is 0 Å². The normalized spacial score (nSPS) is 13.2. The summed E-state index contributed by atoms with van der Waals surface area (Å²) in [5, 5.41) is 78.0. The Morgan fingerprint density at radius 1 is 0.458 bits per heavy atom. The van der Waals surface area contributed by atoms with Crippen LogP contribution < -0.4 is 144 Å². The Kier molecular flexibility index (Phi) is 37.5. The average molecular weight is 614 g/mol. The predicted molar refractivity (Wildman–Crippen MR) is 46.7 cm³/mol. The molecule has 0 spiro atoms. The Morgan fingerprint density at radius 3 is 0.583 bits per heavy atom. The molecule has 0 bridgehead atoms. The molecule has 0 aromatic heterocycles. The minimum atomic E-state index is -2.80. The third-order valence-electron chi connectivity index (χ3n) is 1.48. The second kappa shape index (κ2) is 21.9. The maximum Gasteiger partial charge on any atom is 3.00 e. The van der Waals surface area contributed by atoms with Crippen LogP contribution in [0.2, 0.25) is 0 Å². The van der Waals surface area contributed by atoms with E-state index in [0.29, 0.717) is 0 Å². The van der Waals surface area contributed by atoms with Gasteiger partial charge in [-0.05, 0) is 0 Å². The summed E-state index contributed by atoms with van der Waals surface area (Å²) in [6, 6.07) is 0. The molecule has 4 atom stereocenters. The van der Waals surface area contributed by atoms with Crippen LogP contribution in [0.3, 0.4) is 0 Å². The Hall–Kier alpha value is 2.63. The third-order valence-corrected chi connectivity index (χ3v) is 1.48. The Labute approximate surface area is 254 Å². The van der Waals surface area contributed by atoms with E-state index in [1.807, 2.05) is 0 Å². The molecule has 0 unspecified atom stereocenters. The largest absolute Gasteiger partial charge is 3.00 e. The predicted octanol–water partition coefficient (Wildman–Crippen LogP) is -18.9. The summed E-state index contributed by atoms with van der Waals surface area (Å²) >= 11 is 0. The van der Waals surface area contributed by atoms with Gasteiger partial charge in [0.15, 0.2) is 0 Å². The van der Waals surface area contributed by atoms with E-state index >= 15 is 0 Å². The van der Waals surface area contributed by atoms with Crippen LogP contribution in [-0.2, 0) is 19.2 Å². The van der Waals surface area contributed by atoms with Crippen LogP contribution >= 0.6 is 0 Å². The Morgan fingerprint density at radius 2 is 0.542 bits per heavy atom. The van der Waals surface area contributed by atoms with Crippen molar-refractivity contribution < 1.29 is 163 Å². The molecule has 12 nitrogen and oxygen atoms in total. The fraction of sp³-hybridized carbons (Fsp3) is 0.500. The number of carboxylic acids is 4. The molecule has 120 valence electrons. The smallest absolute Gasteiger partial charge is 0.848 e. The van der Waals surface area contributed by atoms with Gasteiger partial charge in [-0.1, -0.05) is 24.4 Å². The van der Waals surface area contributed by atoms with Gasteiger partial charge in [0.2, 0.25) is 0 Å². The van der Waals surface area contributed by atoms with Crippen LogP contribution in [0, 0.1) is 0 Å². The molecule has 0 saturated heterocycles. The fourth-order valence-corrected chi connectivity index (χ4v) is 0.494. The van der Waals surface area contributed by atoms with E-state index < -0.39 is 48.3 Å². The maximum atomic E-state index is 9.97. The van der Waals surface area contributed by atoms with E-state index in [-0.39, 0.29) is 152 Å². The minimum Gasteiger partial charge on any atom is -0.848 e. The first-order chi connectivity index (χ1) is 8.93. The SMILES string of the molecule is O=C([O-])[C@@H]([O-])[C@@H]([O-])C(=O)[O-].O=C([O-])[C@H]([O-])[C@@H]([O-])C(=O)[O-].[K+].[K+].[Sb+3].[Sb+3]. The van der Waals surface area contributed by atoms with Crippen molar-refractivity contribution in [1.29, 1.82) is 0 Å². The van der Waals surface area contributed by atoms with Gasteiger partial charge in [0.1, 0.15) is 0 Å². The summed E-state index contributed by atoms with van der Waals surface area (Å²) in [7, 11) is 0. The summed E-state index contributed by atoms with van der Waals surface area (Å²) in [6.07, 6.45) is -11.2. The van der Waals surface area contributed by atoms with Crippen molar-refractivity contribution in [1.82, 2.24) is 0 Å². The Bertz CT molecular complexity index is 323. The van der Waals surface area contributed by atoms with E-state index in [0.717, 1.165) is 0 Å². The van der Waals surface area contributed by atoms with Gasteiger partial charge in [0, 0.05) is 23.9 Å². The molecule has 16 heteroatoms. The van der Waals surface area contributed by atoms with Crippen LogP contribution in [-0.4, -0.2) is 97.1 Å². The standard InChI is InChI=1S/2C4H4O6.2K.2Sb/c2*5-1(3(7)8)2(6)4(9)10;;;;/h2*1-2H,(H,7,8)(H,9,10);;;;/q2*-2;2*+1;2*+3/p-4/t1-,2+;1-,2-;;;;/m.1..../s1. The van der Waals surface area contributed by atoms with Gasteiger partial charge in [-0.15, -0.1) is 0 Å². The quantitative estimate of drug-likeness (QED) is 0.253. The molecule has 0 aromatic carbocycles. The number of carbonyl (C=O) groups is 4. The van der Waals surface area contributed by atoms with Crippen LogP contribution in [0.4, 0.5) is 0 Å². The molecule has 0 heterocycles. The van der Waals surface area contributed by atoms with Crippen molar-refractivity contribution in [2.45, 2.75) is 24.4 Å². The molecule has 0 fully saturated rings. The van der Waals surface area contributed by atoms with Gasteiger partial charge < -0.3 is 60.0 Å². The summed E-state index contributed by atoms with van der Waals surface area (Å²) in [6.45, 7) is 0. The number of aliphatic carboxylic acids is 4. The first-order valence-corrected chi connectivity index (χ1v) is 4.40. The molecule has 0 aliphatic heterocycles. The van der Waals surface area contributed by atoms with Crippen LogP contribution in [0.5, 0.6) is 0 Å². The molecular formula is C8H4K2O12Sb2. The molecule has 24 heavy (non-hydrogen) atoms. The summed E-state index contributed by atoms with van der Waals surface area (Å²) in [5.41, 5.74) is 0. The zero-order chi connectivity index (χ0) is 16.6. The van der Waals surface area contributed by atoms with Gasteiger partial charge in [-0.2, -0.15) is 0 Å². The average Bonchev–Trinajstić information content (AvgIpc) is 2.35. The van der Waals surface area contributed by atoms with E-state index in [1.54, 1.807) is 0 Å². The minimum absolute atomic E-state index is 0. The molecule has 0 N–H and O–H groups in total. The zero-order valence-electron chi connectivity index (χ0n) is 12.1. The van der Waals surface area contributed by atoms with E-state index in [1.165, 1.54) is 0 Å². The molecule has 4 radical (unpaired) electrons. The van der Waals surface area contributed by atoms with Crippen molar-refractivity contribution in [3.8, 4) is 0 Å². The van der Waals surface area contributed by atoms with Crippen molar-refractivity contribution >= 4 is 72.7 Å². The number of hydrogen-bond donors (Lipinski definition) is 0. The first kappa shape index (κ1) is 41.1.